The summed E-state index contributed by atoms with van der Waals surface area (Å²) in [5.41, 5.74) is 0.385. The highest BCUT2D eigenvalue weighted by Crippen LogP contribution is 2.15. The first kappa shape index (κ1) is 16.9. The van der Waals surface area contributed by atoms with Crippen LogP contribution in [0.3, 0.4) is 0 Å². The molecule has 0 saturated carbocycles. The molecule has 0 aromatic heterocycles. The molecule has 120 valence electrons. The van der Waals surface area contributed by atoms with Gasteiger partial charge in [-0.1, -0.05) is 23.7 Å². The maximum Gasteiger partial charge on any atom is 0.341 e. The predicted octanol–water partition coefficient (Wildman–Crippen LogP) is 3.09. The average molecular weight is 340 g/mol. The fourth-order valence-electron chi connectivity index (χ4n) is 1.72. The minimum Gasteiger partial charge on any atom is -0.452 e. The maximum absolute atomic E-state index is 13.5. The Bertz CT molecular complexity index is 720. The molecule has 0 aliphatic heterocycles. The van der Waals surface area contributed by atoms with Crippen LogP contribution in [0.4, 0.5) is 8.78 Å². The third-order valence-corrected chi connectivity index (χ3v) is 3.12. The van der Waals surface area contributed by atoms with E-state index >= 15 is 0 Å². The molecule has 2 rings (SSSR count). The standard InChI is InChI=1S/C16H12ClF2NO3/c17-11-3-6-13(14(19)7-11)16(22)23-9-15(21)20-8-10-1-4-12(18)5-2-10/h1-7H,8-9H2,(H,20,21). The Hall–Kier alpha value is -2.47. The van der Waals surface area contributed by atoms with Crippen molar-refractivity contribution < 1.29 is 23.1 Å². The molecule has 0 bridgehead atoms. The van der Waals surface area contributed by atoms with Gasteiger partial charge in [0.25, 0.3) is 5.91 Å². The zero-order valence-corrected chi connectivity index (χ0v) is 12.6. The lowest BCUT2D eigenvalue weighted by Crippen LogP contribution is -2.28. The average Bonchev–Trinajstić information content (AvgIpc) is 2.52. The van der Waals surface area contributed by atoms with E-state index in [0.717, 1.165) is 6.07 Å². The highest BCUT2D eigenvalue weighted by Gasteiger charge is 2.15. The van der Waals surface area contributed by atoms with Crippen molar-refractivity contribution in [2.24, 2.45) is 0 Å². The molecule has 0 spiro atoms. The number of hydrogen-bond acceptors (Lipinski definition) is 3. The molecule has 7 heteroatoms. The summed E-state index contributed by atoms with van der Waals surface area (Å²) in [5.74, 6) is -2.72. The molecule has 4 nitrogen and oxygen atoms in total. The topological polar surface area (TPSA) is 55.4 Å². The van der Waals surface area contributed by atoms with Gasteiger partial charge in [-0.3, -0.25) is 4.79 Å². The van der Waals surface area contributed by atoms with E-state index < -0.39 is 24.3 Å². The molecule has 0 aliphatic carbocycles. The van der Waals surface area contributed by atoms with Crippen LogP contribution in [0.5, 0.6) is 0 Å². The Kier molecular flexibility index (Phi) is 5.65. The Labute approximate surface area is 136 Å². The third kappa shape index (κ3) is 5.03. The molecule has 0 saturated heterocycles. The number of benzene rings is 2. The quantitative estimate of drug-likeness (QED) is 0.852. The van der Waals surface area contributed by atoms with E-state index in [4.69, 9.17) is 16.3 Å². The Morgan fingerprint density at radius 3 is 2.43 bits per heavy atom. The van der Waals surface area contributed by atoms with Gasteiger partial charge in [0.15, 0.2) is 6.61 Å². The monoisotopic (exact) mass is 339 g/mol. The summed E-state index contributed by atoms with van der Waals surface area (Å²) in [4.78, 5) is 23.2. The molecule has 0 unspecified atom stereocenters. The number of hydrogen-bond donors (Lipinski definition) is 1. The van der Waals surface area contributed by atoms with E-state index in [0.29, 0.717) is 5.56 Å². The van der Waals surface area contributed by atoms with Crippen LogP contribution in [0.2, 0.25) is 5.02 Å². The molecule has 2 aromatic rings. The number of amides is 1. The molecule has 0 aliphatic rings. The Morgan fingerprint density at radius 1 is 1.09 bits per heavy atom. The van der Waals surface area contributed by atoms with Crippen LogP contribution in [0, 0.1) is 11.6 Å². The van der Waals surface area contributed by atoms with Gasteiger partial charge in [0.05, 0.1) is 5.56 Å². The summed E-state index contributed by atoms with van der Waals surface area (Å²) >= 11 is 5.58. The van der Waals surface area contributed by atoms with Crippen molar-refractivity contribution in [1.82, 2.24) is 5.32 Å². The van der Waals surface area contributed by atoms with Gasteiger partial charge in [0.2, 0.25) is 0 Å². The highest BCUT2D eigenvalue weighted by molar-refractivity contribution is 6.30. The molecular formula is C16H12ClF2NO3. The van der Waals surface area contributed by atoms with Crippen LogP contribution in [0.1, 0.15) is 15.9 Å². The number of nitrogens with one attached hydrogen (secondary N) is 1. The number of halogens is 3. The number of esters is 1. The van der Waals surface area contributed by atoms with E-state index in [2.05, 4.69) is 5.32 Å². The summed E-state index contributed by atoms with van der Waals surface area (Å²) in [7, 11) is 0. The maximum atomic E-state index is 13.5. The largest absolute Gasteiger partial charge is 0.452 e. The van der Waals surface area contributed by atoms with Gasteiger partial charge >= 0.3 is 5.97 Å². The molecule has 2 aromatic carbocycles. The van der Waals surface area contributed by atoms with Crippen LogP contribution in [0.25, 0.3) is 0 Å². The van der Waals surface area contributed by atoms with Crippen molar-refractivity contribution in [3.63, 3.8) is 0 Å². The lowest BCUT2D eigenvalue weighted by Gasteiger charge is -2.07. The summed E-state index contributed by atoms with van der Waals surface area (Å²) in [6.07, 6.45) is 0. The fourth-order valence-corrected chi connectivity index (χ4v) is 1.88. The van der Waals surface area contributed by atoms with E-state index in [9.17, 15) is 18.4 Å². The van der Waals surface area contributed by atoms with Crippen molar-refractivity contribution in [2.75, 3.05) is 6.61 Å². The first-order chi connectivity index (χ1) is 11.0. The second kappa shape index (κ2) is 7.69. The van der Waals surface area contributed by atoms with Crippen molar-refractivity contribution in [3.8, 4) is 0 Å². The van der Waals surface area contributed by atoms with E-state index in [1.165, 1.54) is 36.4 Å². The van der Waals surface area contributed by atoms with Gasteiger partial charge in [0.1, 0.15) is 11.6 Å². The molecule has 23 heavy (non-hydrogen) atoms. The van der Waals surface area contributed by atoms with Crippen molar-refractivity contribution in [1.29, 1.82) is 0 Å². The molecule has 0 atom stereocenters. The van der Waals surface area contributed by atoms with Crippen molar-refractivity contribution in [2.45, 2.75) is 6.54 Å². The first-order valence-electron chi connectivity index (χ1n) is 6.59. The van der Waals surface area contributed by atoms with Gasteiger partial charge in [-0.05, 0) is 35.9 Å². The van der Waals surface area contributed by atoms with Crippen molar-refractivity contribution >= 4 is 23.5 Å². The zero-order valence-electron chi connectivity index (χ0n) is 11.8. The molecule has 1 N–H and O–H groups in total. The van der Waals surface area contributed by atoms with E-state index in [-0.39, 0.29) is 22.9 Å². The van der Waals surface area contributed by atoms with Gasteiger partial charge in [-0.15, -0.1) is 0 Å². The highest BCUT2D eigenvalue weighted by atomic mass is 35.5. The van der Waals surface area contributed by atoms with Gasteiger partial charge < -0.3 is 10.1 Å². The van der Waals surface area contributed by atoms with Crippen molar-refractivity contribution in [3.05, 3.63) is 70.2 Å². The fraction of sp³-hybridized carbons (Fsp3) is 0.125. The molecule has 0 radical (unpaired) electrons. The minimum absolute atomic E-state index is 0.149. The summed E-state index contributed by atoms with van der Waals surface area (Å²) < 4.78 is 31.0. The Balaban J connectivity index is 1.81. The molecular weight excluding hydrogens is 328 g/mol. The SMILES string of the molecule is O=C(COC(=O)c1ccc(Cl)cc1F)NCc1ccc(F)cc1. The van der Waals surface area contributed by atoms with Crippen LogP contribution in [-0.4, -0.2) is 18.5 Å². The smallest absolute Gasteiger partial charge is 0.341 e. The number of rotatable bonds is 5. The third-order valence-electron chi connectivity index (χ3n) is 2.89. The molecule has 1 amide bonds. The minimum atomic E-state index is -0.962. The van der Waals surface area contributed by atoms with Crippen LogP contribution in [-0.2, 0) is 16.1 Å². The zero-order chi connectivity index (χ0) is 16.8. The summed E-state index contributed by atoms with van der Waals surface area (Å²) in [6.45, 7) is -0.395. The van der Waals surface area contributed by atoms with E-state index in [1.54, 1.807) is 0 Å². The predicted molar refractivity (Wildman–Crippen MR) is 79.9 cm³/mol. The second-order valence-electron chi connectivity index (χ2n) is 4.60. The van der Waals surface area contributed by atoms with Crippen LogP contribution < -0.4 is 5.32 Å². The Morgan fingerprint density at radius 2 is 1.78 bits per heavy atom. The first-order valence-corrected chi connectivity index (χ1v) is 6.97. The van der Waals surface area contributed by atoms with Gasteiger partial charge in [-0.25, -0.2) is 13.6 Å². The number of ether oxygens (including phenoxy) is 1. The number of carbonyl (C=O) groups excluding carboxylic acids is 2. The van der Waals surface area contributed by atoms with E-state index in [1.807, 2.05) is 0 Å². The molecule has 0 heterocycles. The van der Waals surface area contributed by atoms with Crippen LogP contribution >= 0.6 is 11.6 Å². The van der Waals surface area contributed by atoms with Crippen LogP contribution in [0.15, 0.2) is 42.5 Å². The number of carbonyl (C=O) groups is 2. The second-order valence-corrected chi connectivity index (χ2v) is 5.04. The summed E-state index contributed by atoms with van der Waals surface area (Å²) in [6, 6.07) is 9.07. The normalized spacial score (nSPS) is 10.2. The summed E-state index contributed by atoms with van der Waals surface area (Å²) in [5, 5.41) is 2.64. The lowest BCUT2D eigenvalue weighted by molar-refractivity contribution is -0.124. The lowest BCUT2D eigenvalue weighted by atomic mass is 10.2. The molecule has 0 fully saturated rings. The van der Waals surface area contributed by atoms with Gasteiger partial charge in [-0.2, -0.15) is 0 Å². The van der Waals surface area contributed by atoms with Gasteiger partial charge in [0, 0.05) is 11.6 Å².